The van der Waals surface area contributed by atoms with Gasteiger partial charge in [0.15, 0.2) is 0 Å². The molecule has 0 saturated carbocycles. The fourth-order valence-corrected chi connectivity index (χ4v) is 2.70. The van der Waals surface area contributed by atoms with E-state index in [0.717, 1.165) is 17.7 Å². The van der Waals surface area contributed by atoms with Crippen molar-refractivity contribution >= 4 is 28.9 Å². The molecule has 0 atom stereocenters. The summed E-state index contributed by atoms with van der Waals surface area (Å²) < 4.78 is 19.5. The molecule has 0 radical (unpaired) electrons. The summed E-state index contributed by atoms with van der Waals surface area (Å²) in [6.45, 7) is 0.113. The Labute approximate surface area is 164 Å². The molecule has 0 saturated heterocycles. The molecule has 1 N–H and O–H groups in total. The molecule has 3 aromatic carbocycles. The number of nitrogens with zero attached hydrogens (tertiary/aromatic N) is 1. The monoisotopic (exact) mass is 400 g/mol. The largest absolute Gasteiger partial charge is 0.486 e. The highest BCUT2D eigenvalue weighted by molar-refractivity contribution is 6.33. The molecular weight excluding hydrogens is 387 g/mol. The van der Waals surface area contributed by atoms with E-state index < -0.39 is 16.6 Å². The Morgan fingerprint density at radius 1 is 1.11 bits per heavy atom. The van der Waals surface area contributed by atoms with Crippen molar-refractivity contribution in [1.82, 2.24) is 0 Å². The second-order valence-corrected chi connectivity index (χ2v) is 6.17. The van der Waals surface area contributed by atoms with Crippen LogP contribution in [0.4, 0.5) is 15.8 Å². The number of carbonyl (C=O) groups excluding carboxylic acids is 1. The van der Waals surface area contributed by atoms with Gasteiger partial charge in [-0.25, -0.2) is 4.39 Å². The molecule has 0 bridgehead atoms. The van der Waals surface area contributed by atoms with Crippen LogP contribution in [0.3, 0.4) is 0 Å². The molecule has 6 nitrogen and oxygen atoms in total. The molecule has 0 fully saturated rings. The normalized spacial score (nSPS) is 10.4. The van der Waals surface area contributed by atoms with Crippen LogP contribution in [0, 0.1) is 15.9 Å². The summed E-state index contributed by atoms with van der Waals surface area (Å²) in [5, 5.41) is 13.5. The van der Waals surface area contributed by atoms with E-state index >= 15 is 0 Å². The Hall–Kier alpha value is -3.45. The van der Waals surface area contributed by atoms with Gasteiger partial charge in [0.1, 0.15) is 23.2 Å². The van der Waals surface area contributed by atoms with Gasteiger partial charge < -0.3 is 10.1 Å². The molecule has 0 unspecified atom stereocenters. The minimum atomic E-state index is -0.729. The van der Waals surface area contributed by atoms with Gasteiger partial charge in [-0.05, 0) is 23.8 Å². The number of anilines is 1. The SMILES string of the molecule is O=C(Nc1cc(Cl)c([N+](=O)[O-])cc1OCc1ccccc1)c1ccccc1F. The van der Waals surface area contributed by atoms with Crippen LogP contribution < -0.4 is 10.1 Å². The van der Waals surface area contributed by atoms with Crippen molar-refractivity contribution in [2.45, 2.75) is 6.61 Å². The van der Waals surface area contributed by atoms with Crippen molar-refractivity contribution in [3.05, 3.63) is 98.8 Å². The van der Waals surface area contributed by atoms with E-state index in [4.69, 9.17) is 16.3 Å². The van der Waals surface area contributed by atoms with Gasteiger partial charge in [0.25, 0.3) is 11.6 Å². The number of benzene rings is 3. The van der Waals surface area contributed by atoms with Crippen LogP contribution in [0.25, 0.3) is 0 Å². The number of halogens is 2. The highest BCUT2D eigenvalue weighted by atomic mass is 35.5. The van der Waals surface area contributed by atoms with Crippen molar-refractivity contribution in [1.29, 1.82) is 0 Å². The van der Waals surface area contributed by atoms with Crippen LogP contribution in [0.2, 0.25) is 5.02 Å². The van der Waals surface area contributed by atoms with Gasteiger partial charge >= 0.3 is 0 Å². The maximum atomic E-state index is 13.9. The topological polar surface area (TPSA) is 81.5 Å². The number of amides is 1. The zero-order chi connectivity index (χ0) is 20.1. The van der Waals surface area contributed by atoms with Gasteiger partial charge in [-0.1, -0.05) is 54.1 Å². The minimum Gasteiger partial charge on any atom is -0.486 e. The zero-order valence-corrected chi connectivity index (χ0v) is 15.2. The third-order valence-corrected chi connectivity index (χ3v) is 4.15. The number of nitro groups is 1. The second-order valence-electron chi connectivity index (χ2n) is 5.77. The second kappa shape index (κ2) is 8.49. The number of hydrogen-bond acceptors (Lipinski definition) is 4. The molecule has 28 heavy (non-hydrogen) atoms. The number of rotatable bonds is 6. The van der Waals surface area contributed by atoms with Gasteiger partial charge in [-0.2, -0.15) is 0 Å². The number of ether oxygens (including phenoxy) is 1. The van der Waals surface area contributed by atoms with Crippen LogP contribution in [0.5, 0.6) is 5.75 Å². The van der Waals surface area contributed by atoms with Gasteiger partial charge in [0.05, 0.1) is 22.2 Å². The fraction of sp³-hybridized carbons (Fsp3) is 0.0500. The molecule has 142 valence electrons. The molecule has 0 aliphatic rings. The molecular formula is C20H14ClFN2O4. The molecule has 1 amide bonds. The summed E-state index contributed by atoms with van der Waals surface area (Å²) in [4.78, 5) is 22.9. The predicted molar refractivity (Wildman–Crippen MR) is 103 cm³/mol. The smallest absolute Gasteiger partial charge is 0.291 e. The number of nitro benzene ring substituents is 1. The summed E-state index contributed by atoms with van der Waals surface area (Å²) in [5.41, 5.74) is 0.380. The van der Waals surface area contributed by atoms with Crippen LogP contribution in [0.15, 0.2) is 66.7 Å². The molecule has 3 aromatic rings. The van der Waals surface area contributed by atoms with Crippen LogP contribution in [-0.4, -0.2) is 10.8 Å². The molecule has 0 spiro atoms. The summed E-state index contributed by atoms with van der Waals surface area (Å²) >= 11 is 5.95. The van der Waals surface area contributed by atoms with E-state index in [-0.39, 0.29) is 34.3 Å². The van der Waals surface area contributed by atoms with Crippen LogP contribution >= 0.6 is 11.6 Å². The summed E-state index contributed by atoms with van der Waals surface area (Å²) in [5.74, 6) is -1.38. The van der Waals surface area contributed by atoms with E-state index in [0.29, 0.717) is 0 Å². The Morgan fingerprint density at radius 2 is 1.79 bits per heavy atom. The number of hydrogen-bond donors (Lipinski definition) is 1. The summed E-state index contributed by atoms with van der Waals surface area (Å²) in [6.07, 6.45) is 0. The first-order chi connectivity index (χ1) is 13.5. The van der Waals surface area contributed by atoms with Crippen LogP contribution in [-0.2, 0) is 6.61 Å². The first-order valence-electron chi connectivity index (χ1n) is 8.16. The third-order valence-electron chi connectivity index (χ3n) is 3.85. The molecule has 0 aromatic heterocycles. The molecule has 0 aliphatic heterocycles. The van der Waals surface area contributed by atoms with Crippen LogP contribution in [0.1, 0.15) is 15.9 Å². The van der Waals surface area contributed by atoms with E-state index in [2.05, 4.69) is 5.32 Å². The summed E-state index contributed by atoms with van der Waals surface area (Å²) in [7, 11) is 0. The Morgan fingerprint density at radius 3 is 2.46 bits per heavy atom. The van der Waals surface area contributed by atoms with E-state index in [1.165, 1.54) is 24.3 Å². The van der Waals surface area contributed by atoms with E-state index in [1.807, 2.05) is 30.3 Å². The van der Waals surface area contributed by atoms with Gasteiger partial charge in [-0.15, -0.1) is 0 Å². The molecule has 0 heterocycles. The Balaban J connectivity index is 1.92. The first kappa shape index (κ1) is 19.3. The highest BCUT2D eigenvalue weighted by Crippen LogP contribution is 2.36. The Bertz CT molecular complexity index is 1030. The quantitative estimate of drug-likeness (QED) is 0.454. The third kappa shape index (κ3) is 4.44. The van der Waals surface area contributed by atoms with Crippen molar-refractivity contribution in [3.63, 3.8) is 0 Å². The van der Waals surface area contributed by atoms with Crippen molar-refractivity contribution < 1.29 is 18.8 Å². The van der Waals surface area contributed by atoms with Crippen molar-refractivity contribution in [2.75, 3.05) is 5.32 Å². The van der Waals surface area contributed by atoms with Gasteiger partial charge in [0.2, 0.25) is 0 Å². The van der Waals surface area contributed by atoms with Crippen molar-refractivity contribution in [3.8, 4) is 5.75 Å². The van der Waals surface area contributed by atoms with Crippen molar-refractivity contribution in [2.24, 2.45) is 0 Å². The summed E-state index contributed by atoms with van der Waals surface area (Å²) in [6, 6.07) is 16.9. The number of nitrogens with one attached hydrogen (secondary N) is 1. The number of carbonyl (C=O) groups is 1. The van der Waals surface area contributed by atoms with Gasteiger partial charge in [-0.3, -0.25) is 14.9 Å². The lowest BCUT2D eigenvalue weighted by molar-refractivity contribution is -0.384. The van der Waals surface area contributed by atoms with E-state index in [1.54, 1.807) is 0 Å². The lowest BCUT2D eigenvalue weighted by Gasteiger charge is -2.14. The maximum absolute atomic E-state index is 13.9. The van der Waals surface area contributed by atoms with Gasteiger partial charge in [0, 0.05) is 0 Å². The average molecular weight is 401 g/mol. The highest BCUT2D eigenvalue weighted by Gasteiger charge is 2.20. The Kier molecular flexibility index (Phi) is 5.86. The zero-order valence-electron chi connectivity index (χ0n) is 14.4. The molecule has 8 heteroatoms. The fourth-order valence-electron chi connectivity index (χ4n) is 2.47. The maximum Gasteiger partial charge on any atom is 0.291 e. The standard InChI is InChI=1S/C20H14ClFN2O4/c21-15-10-17(23-20(25)14-8-4-5-9-16(14)22)19(11-18(15)24(26)27)28-12-13-6-2-1-3-7-13/h1-11H,12H2,(H,23,25). The molecule has 3 rings (SSSR count). The lowest BCUT2D eigenvalue weighted by atomic mass is 10.2. The minimum absolute atomic E-state index is 0.0460. The predicted octanol–water partition coefficient (Wildman–Crippen LogP) is 5.22. The first-order valence-corrected chi connectivity index (χ1v) is 8.54. The lowest BCUT2D eigenvalue weighted by Crippen LogP contribution is -2.14. The molecule has 0 aliphatic carbocycles. The average Bonchev–Trinajstić information content (AvgIpc) is 2.68. The van der Waals surface area contributed by atoms with E-state index in [9.17, 15) is 19.3 Å².